The minimum Gasteiger partial charge on any atom is -0.386 e. The number of fused-ring (bicyclic) bond motifs is 1. The smallest absolute Gasteiger partial charge is 0.219 e. The zero-order valence-electron chi connectivity index (χ0n) is 12.5. The molecule has 5 nitrogen and oxygen atoms in total. The lowest BCUT2D eigenvalue weighted by molar-refractivity contribution is -0.129. The van der Waals surface area contributed by atoms with Gasteiger partial charge < -0.3 is 15.1 Å². The van der Waals surface area contributed by atoms with E-state index in [1.54, 1.807) is 6.92 Å². The molecule has 1 fully saturated rings. The van der Waals surface area contributed by atoms with Crippen molar-refractivity contribution >= 4 is 28.2 Å². The predicted molar refractivity (Wildman–Crippen MR) is 85.8 cm³/mol. The largest absolute Gasteiger partial charge is 0.386 e. The van der Waals surface area contributed by atoms with Gasteiger partial charge in [0.2, 0.25) is 5.91 Å². The van der Waals surface area contributed by atoms with Gasteiger partial charge in [-0.1, -0.05) is 24.3 Å². The summed E-state index contributed by atoms with van der Waals surface area (Å²) in [5.41, 5.74) is 1.04. The van der Waals surface area contributed by atoms with Crippen molar-refractivity contribution in [2.75, 3.05) is 43.4 Å². The molecule has 3 rings (SSSR count). The van der Waals surface area contributed by atoms with Crippen molar-refractivity contribution in [3.63, 3.8) is 0 Å². The Balaban J connectivity index is 1.93. The van der Waals surface area contributed by atoms with Crippen LogP contribution in [-0.4, -0.2) is 49.0 Å². The summed E-state index contributed by atoms with van der Waals surface area (Å²) in [4.78, 5) is 20.2. The molecule has 2 heterocycles. The second kappa shape index (κ2) is 5.60. The molecule has 110 valence electrons. The van der Waals surface area contributed by atoms with Crippen LogP contribution in [0.2, 0.25) is 0 Å². The molecule has 1 N–H and O–H groups in total. The van der Waals surface area contributed by atoms with Gasteiger partial charge in [-0.3, -0.25) is 4.79 Å². The Morgan fingerprint density at radius 3 is 2.43 bits per heavy atom. The number of carbonyl (C=O) groups excluding carboxylic acids is 1. The number of carbonyl (C=O) groups is 1. The molecule has 0 bridgehead atoms. The second-order valence-corrected chi connectivity index (χ2v) is 5.28. The van der Waals surface area contributed by atoms with Gasteiger partial charge in [0, 0.05) is 50.9 Å². The molecule has 1 amide bonds. The van der Waals surface area contributed by atoms with Crippen molar-refractivity contribution in [1.29, 1.82) is 0 Å². The highest BCUT2D eigenvalue weighted by molar-refractivity contribution is 6.00. The number of benzene rings is 1. The van der Waals surface area contributed by atoms with Crippen LogP contribution in [0.15, 0.2) is 30.5 Å². The van der Waals surface area contributed by atoms with E-state index in [2.05, 4.69) is 27.3 Å². The molecule has 0 atom stereocenters. The van der Waals surface area contributed by atoms with Crippen LogP contribution in [0.25, 0.3) is 10.8 Å². The van der Waals surface area contributed by atoms with E-state index in [4.69, 9.17) is 0 Å². The lowest BCUT2D eigenvalue weighted by Crippen LogP contribution is -2.48. The van der Waals surface area contributed by atoms with Gasteiger partial charge in [-0.15, -0.1) is 0 Å². The number of nitrogens with zero attached hydrogens (tertiary/aromatic N) is 3. The van der Waals surface area contributed by atoms with Gasteiger partial charge in [0.1, 0.15) is 5.82 Å². The first-order valence-electron chi connectivity index (χ1n) is 7.26. The van der Waals surface area contributed by atoms with E-state index < -0.39 is 0 Å². The van der Waals surface area contributed by atoms with Crippen molar-refractivity contribution in [1.82, 2.24) is 9.88 Å². The van der Waals surface area contributed by atoms with E-state index in [0.29, 0.717) is 0 Å². The number of pyridine rings is 1. The first kappa shape index (κ1) is 13.7. The fraction of sp³-hybridized carbons (Fsp3) is 0.375. The number of hydrogen-bond donors (Lipinski definition) is 1. The SMILES string of the molecule is CNc1cnc(N2CCN(C(C)=O)CC2)c2ccccc12. The van der Waals surface area contributed by atoms with Gasteiger partial charge in [0.15, 0.2) is 0 Å². The molecule has 0 spiro atoms. The first-order valence-corrected chi connectivity index (χ1v) is 7.26. The van der Waals surface area contributed by atoms with Gasteiger partial charge in [-0.05, 0) is 0 Å². The third kappa shape index (κ3) is 2.51. The number of rotatable bonds is 2. The zero-order chi connectivity index (χ0) is 14.8. The normalized spacial score (nSPS) is 15.3. The van der Waals surface area contributed by atoms with Crippen LogP contribution in [0.1, 0.15) is 6.92 Å². The van der Waals surface area contributed by atoms with Gasteiger partial charge in [-0.25, -0.2) is 4.98 Å². The Morgan fingerprint density at radius 1 is 1.14 bits per heavy atom. The molecule has 0 unspecified atom stereocenters. The summed E-state index contributed by atoms with van der Waals surface area (Å²) in [6, 6.07) is 8.30. The summed E-state index contributed by atoms with van der Waals surface area (Å²) in [7, 11) is 1.91. The molecule has 5 heteroatoms. The molecule has 0 saturated carbocycles. The van der Waals surface area contributed by atoms with E-state index in [0.717, 1.165) is 43.1 Å². The Morgan fingerprint density at radius 2 is 1.81 bits per heavy atom. The Hall–Kier alpha value is -2.30. The maximum atomic E-state index is 11.4. The van der Waals surface area contributed by atoms with Gasteiger partial charge >= 0.3 is 0 Å². The van der Waals surface area contributed by atoms with Crippen LogP contribution in [-0.2, 0) is 4.79 Å². The molecule has 0 radical (unpaired) electrons. The van der Waals surface area contributed by atoms with E-state index in [1.807, 2.05) is 30.3 Å². The number of hydrogen-bond acceptors (Lipinski definition) is 4. The average molecular weight is 284 g/mol. The van der Waals surface area contributed by atoms with Crippen LogP contribution >= 0.6 is 0 Å². The Kier molecular flexibility index (Phi) is 3.64. The molecular weight excluding hydrogens is 264 g/mol. The van der Waals surface area contributed by atoms with Crippen molar-refractivity contribution in [3.05, 3.63) is 30.5 Å². The minimum absolute atomic E-state index is 0.151. The van der Waals surface area contributed by atoms with Crippen LogP contribution in [0, 0.1) is 0 Å². The minimum atomic E-state index is 0.151. The topological polar surface area (TPSA) is 48.5 Å². The highest BCUT2D eigenvalue weighted by Crippen LogP contribution is 2.30. The first-order chi connectivity index (χ1) is 10.2. The second-order valence-electron chi connectivity index (χ2n) is 5.28. The van der Waals surface area contributed by atoms with E-state index in [-0.39, 0.29) is 5.91 Å². The molecule has 1 aromatic carbocycles. The lowest BCUT2D eigenvalue weighted by atomic mass is 10.1. The number of anilines is 2. The summed E-state index contributed by atoms with van der Waals surface area (Å²) < 4.78 is 0. The van der Waals surface area contributed by atoms with Crippen LogP contribution in [0.3, 0.4) is 0 Å². The molecule has 21 heavy (non-hydrogen) atoms. The quantitative estimate of drug-likeness (QED) is 0.915. The van der Waals surface area contributed by atoms with Crippen molar-refractivity contribution < 1.29 is 4.79 Å². The number of piperazine rings is 1. The summed E-state index contributed by atoms with van der Waals surface area (Å²) >= 11 is 0. The molecular formula is C16H20N4O. The molecule has 2 aromatic rings. The van der Waals surface area contributed by atoms with Crippen molar-refractivity contribution in [2.45, 2.75) is 6.92 Å². The average Bonchev–Trinajstić information content (AvgIpc) is 2.54. The fourth-order valence-electron chi connectivity index (χ4n) is 2.86. The molecule has 0 aliphatic carbocycles. The third-order valence-corrected chi connectivity index (χ3v) is 4.07. The lowest BCUT2D eigenvalue weighted by Gasteiger charge is -2.35. The third-order valence-electron chi connectivity index (χ3n) is 4.07. The van der Waals surface area contributed by atoms with Crippen LogP contribution in [0.4, 0.5) is 11.5 Å². The summed E-state index contributed by atoms with van der Waals surface area (Å²) in [5.74, 6) is 1.16. The predicted octanol–water partition coefficient (Wildman–Crippen LogP) is 1.94. The van der Waals surface area contributed by atoms with Gasteiger partial charge in [0.05, 0.1) is 11.9 Å². The molecule has 1 saturated heterocycles. The highest BCUT2D eigenvalue weighted by Gasteiger charge is 2.21. The number of aromatic nitrogens is 1. The fourth-order valence-corrected chi connectivity index (χ4v) is 2.86. The standard InChI is InChI=1S/C16H20N4O/c1-12(21)19-7-9-20(10-8-19)16-14-6-4-3-5-13(14)15(17-2)11-18-16/h3-6,11,17H,7-10H2,1-2H3. The van der Waals surface area contributed by atoms with E-state index in [1.165, 1.54) is 5.39 Å². The van der Waals surface area contributed by atoms with E-state index >= 15 is 0 Å². The Labute approximate surface area is 124 Å². The monoisotopic (exact) mass is 284 g/mol. The summed E-state index contributed by atoms with van der Waals surface area (Å²) in [6.07, 6.45) is 1.88. The number of nitrogens with one attached hydrogen (secondary N) is 1. The molecule has 1 aliphatic rings. The summed E-state index contributed by atoms with van der Waals surface area (Å²) in [6.45, 7) is 4.81. The zero-order valence-corrected chi connectivity index (χ0v) is 12.5. The maximum absolute atomic E-state index is 11.4. The number of amides is 1. The van der Waals surface area contributed by atoms with Crippen molar-refractivity contribution in [2.24, 2.45) is 0 Å². The summed E-state index contributed by atoms with van der Waals surface area (Å²) in [5, 5.41) is 5.52. The highest BCUT2D eigenvalue weighted by atomic mass is 16.2. The van der Waals surface area contributed by atoms with Gasteiger partial charge in [-0.2, -0.15) is 0 Å². The van der Waals surface area contributed by atoms with E-state index in [9.17, 15) is 4.79 Å². The molecule has 1 aromatic heterocycles. The Bertz CT molecular complexity index is 662. The van der Waals surface area contributed by atoms with Gasteiger partial charge in [0.25, 0.3) is 0 Å². The maximum Gasteiger partial charge on any atom is 0.219 e. The van der Waals surface area contributed by atoms with Crippen LogP contribution < -0.4 is 10.2 Å². The van der Waals surface area contributed by atoms with Crippen LogP contribution in [0.5, 0.6) is 0 Å². The molecule has 1 aliphatic heterocycles. The van der Waals surface area contributed by atoms with Crippen molar-refractivity contribution in [3.8, 4) is 0 Å².